The number of ether oxygens (including phenoxy) is 2. The molecule has 3 aromatic carbocycles. The second kappa shape index (κ2) is 9.25. The van der Waals surface area contributed by atoms with Crippen LogP contribution in [0.2, 0.25) is 10.0 Å². The van der Waals surface area contributed by atoms with Crippen LogP contribution in [0.3, 0.4) is 0 Å². The van der Waals surface area contributed by atoms with Crippen LogP contribution in [-0.2, 0) is 0 Å². The summed E-state index contributed by atoms with van der Waals surface area (Å²) in [5, 5.41) is 1.18. The van der Waals surface area contributed by atoms with Crippen molar-refractivity contribution in [3.63, 3.8) is 0 Å². The number of benzene rings is 3. The number of rotatable bonds is 6. The smallest absolute Gasteiger partial charge is 0.162 e. The summed E-state index contributed by atoms with van der Waals surface area (Å²) in [6.07, 6.45) is 5.27. The van der Waals surface area contributed by atoms with E-state index in [0.29, 0.717) is 33.1 Å². The van der Waals surface area contributed by atoms with Gasteiger partial charge in [-0.3, -0.25) is 0 Å². The maximum atomic E-state index is 6.71. The van der Waals surface area contributed by atoms with E-state index in [1.54, 1.807) is 26.7 Å². The van der Waals surface area contributed by atoms with Crippen molar-refractivity contribution in [2.24, 2.45) is 0 Å². The van der Waals surface area contributed by atoms with E-state index in [4.69, 9.17) is 37.7 Å². The summed E-state index contributed by atoms with van der Waals surface area (Å²) >= 11 is 13.3. The van der Waals surface area contributed by atoms with E-state index < -0.39 is 0 Å². The number of aromatic nitrogens is 4. The lowest BCUT2D eigenvalue weighted by Gasteiger charge is -2.15. The largest absolute Gasteiger partial charge is 0.493 e. The highest BCUT2D eigenvalue weighted by atomic mass is 35.5. The van der Waals surface area contributed by atoms with Crippen LogP contribution in [-0.4, -0.2) is 33.5 Å². The molecule has 0 radical (unpaired) electrons. The number of hydrogen-bond donors (Lipinski definition) is 0. The Morgan fingerprint density at radius 2 is 1.47 bits per heavy atom. The molecule has 34 heavy (non-hydrogen) atoms. The minimum absolute atomic E-state index is 0.582. The van der Waals surface area contributed by atoms with Gasteiger partial charge in [-0.05, 0) is 36.4 Å². The van der Waals surface area contributed by atoms with Gasteiger partial charge < -0.3 is 9.47 Å². The molecule has 6 nitrogen and oxygen atoms in total. The highest BCUT2D eigenvalue weighted by Gasteiger charge is 2.25. The highest BCUT2D eigenvalue weighted by molar-refractivity contribution is 6.34. The molecule has 0 aliphatic heterocycles. The monoisotopic (exact) mass is 490 g/mol. The first-order valence-corrected chi connectivity index (χ1v) is 11.2. The van der Waals surface area contributed by atoms with Crippen LogP contribution < -0.4 is 9.47 Å². The molecular weight excluding hydrogens is 471 g/mol. The van der Waals surface area contributed by atoms with Crippen LogP contribution in [0.5, 0.6) is 11.5 Å². The lowest BCUT2D eigenvalue weighted by atomic mass is 10.0. The first kappa shape index (κ1) is 22.1. The normalized spacial score (nSPS) is 10.9. The van der Waals surface area contributed by atoms with Gasteiger partial charge in [0.1, 0.15) is 12.0 Å². The standard InChI is InChI=1S/C26H20Cl2N4O2/c1-33-22-12-11-17(15-23(22)34-2)24-25(18-7-3-5-9-20(18)27)32(31-14-13-29-16-31)26(30-24)19-8-4-6-10-21(19)28/h3-16H,1-2H3. The Bertz CT molecular complexity index is 1460. The summed E-state index contributed by atoms with van der Waals surface area (Å²) in [5.41, 5.74) is 3.91. The molecule has 0 saturated carbocycles. The molecule has 170 valence electrons. The summed E-state index contributed by atoms with van der Waals surface area (Å²) in [4.78, 5) is 9.35. The zero-order chi connectivity index (χ0) is 23.7. The van der Waals surface area contributed by atoms with Crippen LogP contribution in [0.25, 0.3) is 33.9 Å². The number of nitrogens with zero attached hydrogens (tertiary/aromatic N) is 4. The molecule has 0 aliphatic rings. The van der Waals surface area contributed by atoms with Crippen molar-refractivity contribution in [2.75, 3.05) is 14.2 Å². The maximum absolute atomic E-state index is 6.71. The fourth-order valence-corrected chi connectivity index (χ4v) is 4.35. The van der Waals surface area contributed by atoms with Gasteiger partial charge in [0, 0.05) is 29.1 Å². The Morgan fingerprint density at radius 3 is 2.09 bits per heavy atom. The molecule has 2 heterocycles. The fourth-order valence-electron chi connectivity index (χ4n) is 3.90. The van der Waals surface area contributed by atoms with Crippen molar-refractivity contribution in [1.29, 1.82) is 0 Å². The zero-order valence-corrected chi connectivity index (χ0v) is 20.0. The predicted octanol–water partition coefficient (Wildman–Crippen LogP) is 6.72. The highest BCUT2D eigenvalue weighted by Crippen LogP contribution is 2.42. The average molecular weight is 491 g/mol. The minimum Gasteiger partial charge on any atom is -0.493 e. The number of methoxy groups -OCH3 is 2. The first-order chi connectivity index (χ1) is 16.6. The molecule has 2 aromatic heterocycles. The Balaban J connectivity index is 1.90. The van der Waals surface area contributed by atoms with Gasteiger partial charge in [-0.25, -0.2) is 19.3 Å². The van der Waals surface area contributed by atoms with Gasteiger partial charge in [0.15, 0.2) is 17.3 Å². The molecule has 0 bridgehead atoms. The molecule has 0 N–H and O–H groups in total. The van der Waals surface area contributed by atoms with E-state index in [9.17, 15) is 0 Å². The molecule has 0 aliphatic carbocycles. The van der Waals surface area contributed by atoms with Crippen LogP contribution >= 0.6 is 23.2 Å². The van der Waals surface area contributed by atoms with Gasteiger partial charge in [-0.2, -0.15) is 0 Å². The molecule has 5 rings (SSSR count). The van der Waals surface area contributed by atoms with Crippen molar-refractivity contribution in [2.45, 2.75) is 0 Å². The van der Waals surface area contributed by atoms with E-state index in [-0.39, 0.29) is 0 Å². The predicted molar refractivity (Wildman–Crippen MR) is 135 cm³/mol. The number of hydrogen-bond acceptors (Lipinski definition) is 4. The van der Waals surface area contributed by atoms with Gasteiger partial charge in [-0.1, -0.05) is 53.5 Å². The van der Waals surface area contributed by atoms with Crippen LogP contribution in [0, 0.1) is 0 Å². The zero-order valence-electron chi connectivity index (χ0n) is 18.4. The average Bonchev–Trinajstić information content (AvgIpc) is 3.52. The molecule has 0 fully saturated rings. The molecule has 5 aromatic rings. The Hall–Kier alpha value is -3.74. The van der Waals surface area contributed by atoms with Crippen molar-refractivity contribution < 1.29 is 9.47 Å². The van der Waals surface area contributed by atoms with Gasteiger partial charge >= 0.3 is 0 Å². The van der Waals surface area contributed by atoms with Crippen LogP contribution in [0.1, 0.15) is 0 Å². The van der Waals surface area contributed by atoms with Crippen LogP contribution in [0.4, 0.5) is 0 Å². The van der Waals surface area contributed by atoms with E-state index in [1.165, 1.54) is 0 Å². The molecule has 0 amide bonds. The molecule has 0 unspecified atom stereocenters. The molecule has 0 atom stereocenters. The van der Waals surface area contributed by atoms with E-state index >= 15 is 0 Å². The third-order valence-electron chi connectivity index (χ3n) is 5.48. The third-order valence-corrected chi connectivity index (χ3v) is 6.14. The van der Waals surface area contributed by atoms with Gasteiger partial charge in [0.2, 0.25) is 0 Å². The van der Waals surface area contributed by atoms with Crippen molar-refractivity contribution >= 4 is 23.2 Å². The van der Waals surface area contributed by atoms with Gasteiger partial charge in [0.05, 0.1) is 30.0 Å². The Labute approximate surface area is 206 Å². The summed E-state index contributed by atoms with van der Waals surface area (Å²) in [7, 11) is 3.21. The second-order valence-electron chi connectivity index (χ2n) is 7.42. The second-order valence-corrected chi connectivity index (χ2v) is 8.23. The minimum atomic E-state index is 0.582. The Morgan fingerprint density at radius 1 is 0.794 bits per heavy atom. The molecule has 0 saturated heterocycles. The Kier molecular flexibility index (Phi) is 6.01. The lowest BCUT2D eigenvalue weighted by molar-refractivity contribution is 0.355. The molecule has 0 spiro atoms. The fraction of sp³-hybridized carbons (Fsp3) is 0.0769. The van der Waals surface area contributed by atoms with Crippen molar-refractivity contribution in [1.82, 2.24) is 19.3 Å². The van der Waals surface area contributed by atoms with Crippen molar-refractivity contribution in [3.05, 3.63) is 95.5 Å². The lowest BCUT2D eigenvalue weighted by Crippen LogP contribution is -2.10. The van der Waals surface area contributed by atoms with E-state index in [2.05, 4.69) is 4.98 Å². The van der Waals surface area contributed by atoms with E-state index in [1.807, 2.05) is 82.3 Å². The summed E-state index contributed by atoms with van der Waals surface area (Å²) in [6.45, 7) is 0. The number of imidazole rings is 2. The van der Waals surface area contributed by atoms with E-state index in [0.717, 1.165) is 22.4 Å². The van der Waals surface area contributed by atoms with Crippen LogP contribution in [0.15, 0.2) is 85.5 Å². The third kappa shape index (κ3) is 3.81. The van der Waals surface area contributed by atoms with Gasteiger partial charge in [0.25, 0.3) is 0 Å². The topological polar surface area (TPSA) is 54.1 Å². The number of halogens is 2. The SMILES string of the molecule is COc1ccc(-c2nc(-c3ccccc3Cl)n(-n3ccnc3)c2-c2ccccc2Cl)cc1OC. The summed E-state index contributed by atoms with van der Waals surface area (Å²) in [5.74, 6) is 1.87. The first-order valence-electron chi connectivity index (χ1n) is 10.5. The molecular formula is C26H20Cl2N4O2. The molecule has 8 heteroatoms. The quantitative estimate of drug-likeness (QED) is 0.265. The summed E-state index contributed by atoms with van der Waals surface area (Å²) in [6, 6.07) is 21.0. The maximum Gasteiger partial charge on any atom is 0.162 e. The van der Waals surface area contributed by atoms with Crippen molar-refractivity contribution in [3.8, 4) is 45.4 Å². The summed E-state index contributed by atoms with van der Waals surface area (Å²) < 4.78 is 14.8. The van der Waals surface area contributed by atoms with Gasteiger partial charge in [-0.15, -0.1) is 0 Å².